The van der Waals surface area contributed by atoms with Crippen molar-refractivity contribution in [3.63, 3.8) is 0 Å². The van der Waals surface area contributed by atoms with Gasteiger partial charge in [0, 0.05) is 43.5 Å². The second-order valence-corrected chi connectivity index (χ2v) is 10.3. The van der Waals surface area contributed by atoms with Gasteiger partial charge in [-0.15, -0.1) is 0 Å². The number of benzene rings is 3. The molecule has 3 amide bonds. The molecule has 0 bridgehead atoms. The number of amides is 3. The predicted octanol–water partition coefficient (Wildman–Crippen LogP) is 5.31. The minimum atomic E-state index is -0.925. The van der Waals surface area contributed by atoms with Gasteiger partial charge in [0.25, 0.3) is 0 Å². The number of carboxylic acid groups (broad SMARTS) is 1. The quantitative estimate of drug-likeness (QED) is 0.274. The number of nitrogens with one attached hydrogen (secondary N) is 2. The van der Waals surface area contributed by atoms with Crippen LogP contribution in [0.5, 0.6) is 17.2 Å². The van der Waals surface area contributed by atoms with Gasteiger partial charge in [-0.05, 0) is 54.8 Å². The average Bonchev–Trinajstić information content (AvgIpc) is 3.46. The summed E-state index contributed by atoms with van der Waals surface area (Å²) in [5.41, 5.74) is 3.47. The van der Waals surface area contributed by atoms with E-state index in [1.807, 2.05) is 37.3 Å². The maximum Gasteiger partial charge on any atom is 0.323 e. The zero-order valence-corrected chi connectivity index (χ0v) is 25.0. The van der Waals surface area contributed by atoms with Gasteiger partial charge in [-0.25, -0.2) is 4.79 Å². The van der Waals surface area contributed by atoms with Crippen molar-refractivity contribution in [2.75, 3.05) is 50.0 Å². The van der Waals surface area contributed by atoms with E-state index in [1.54, 1.807) is 42.3 Å². The van der Waals surface area contributed by atoms with Crippen molar-refractivity contribution >= 4 is 35.0 Å². The van der Waals surface area contributed by atoms with E-state index in [-0.39, 0.29) is 18.4 Å². The molecule has 3 aromatic rings. The number of rotatable bonds is 11. The highest BCUT2D eigenvalue weighted by atomic mass is 16.5. The summed E-state index contributed by atoms with van der Waals surface area (Å²) in [7, 11) is 4.58. The van der Waals surface area contributed by atoms with Crippen LogP contribution in [0.1, 0.15) is 36.9 Å². The fourth-order valence-electron chi connectivity index (χ4n) is 5.52. The van der Waals surface area contributed by atoms with E-state index in [4.69, 9.17) is 14.2 Å². The lowest BCUT2D eigenvalue weighted by atomic mass is 10.0. The fraction of sp³-hybridized carbons (Fsp3) is 0.344. The topological polar surface area (TPSA) is 130 Å². The van der Waals surface area contributed by atoms with Crippen LogP contribution in [0, 0.1) is 6.92 Å². The standard InChI is InChI=1S/C32H38N4O7/c1-20-8-6-7-9-25(20)33-32(40)34-26-12-11-23(17-29(26)42-4)36(21(2)37)24-14-15-35(19-24)27(18-31(38)39)22-10-13-28(41-3)30(16-22)43-5/h6-13,16-17,24,27H,14-15,18-19H2,1-5H3,(H,38,39)(H2,33,34,40). The Morgan fingerprint density at radius 1 is 0.930 bits per heavy atom. The molecule has 3 aromatic carbocycles. The van der Waals surface area contributed by atoms with Crippen LogP contribution in [-0.2, 0) is 9.59 Å². The molecular weight excluding hydrogens is 552 g/mol. The van der Waals surface area contributed by atoms with Crippen LogP contribution in [0.3, 0.4) is 0 Å². The van der Waals surface area contributed by atoms with E-state index in [0.29, 0.717) is 53.8 Å². The van der Waals surface area contributed by atoms with Crippen molar-refractivity contribution in [2.45, 2.75) is 38.8 Å². The Morgan fingerprint density at radius 2 is 1.63 bits per heavy atom. The number of nitrogens with zero attached hydrogens (tertiary/aromatic N) is 2. The smallest absolute Gasteiger partial charge is 0.323 e. The molecule has 0 aliphatic carbocycles. The third-order valence-corrected chi connectivity index (χ3v) is 7.61. The fourth-order valence-corrected chi connectivity index (χ4v) is 5.52. The van der Waals surface area contributed by atoms with E-state index in [0.717, 1.165) is 11.1 Å². The molecule has 0 aromatic heterocycles. The molecule has 43 heavy (non-hydrogen) atoms. The summed E-state index contributed by atoms with van der Waals surface area (Å²) in [6.45, 7) is 4.47. The highest BCUT2D eigenvalue weighted by Crippen LogP contribution is 2.37. The maximum atomic E-state index is 13.0. The molecule has 4 rings (SSSR count). The van der Waals surface area contributed by atoms with E-state index >= 15 is 0 Å². The molecule has 0 saturated carbocycles. The SMILES string of the molecule is COc1cc(N(C(C)=O)C2CCN(C(CC(=O)O)c3ccc(OC)c(OC)c3)C2)ccc1NC(=O)Nc1ccccc1C. The summed E-state index contributed by atoms with van der Waals surface area (Å²) in [5.74, 6) is 0.387. The Kier molecular flexibility index (Phi) is 10.1. The summed E-state index contributed by atoms with van der Waals surface area (Å²) >= 11 is 0. The van der Waals surface area contributed by atoms with Crippen molar-refractivity contribution < 1.29 is 33.7 Å². The molecule has 1 aliphatic heterocycles. The molecule has 1 aliphatic rings. The van der Waals surface area contributed by atoms with E-state index < -0.39 is 18.0 Å². The number of likely N-dealkylation sites (tertiary alicyclic amines) is 1. The van der Waals surface area contributed by atoms with Gasteiger partial charge in [-0.2, -0.15) is 0 Å². The van der Waals surface area contributed by atoms with Gasteiger partial charge >= 0.3 is 12.0 Å². The van der Waals surface area contributed by atoms with Crippen molar-refractivity contribution in [2.24, 2.45) is 0 Å². The molecule has 0 radical (unpaired) electrons. The first kappa shape index (κ1) is 31.2. The van der Waals surface area contributed by atoms with Gasteiger partial charge in [-0.3, -0.25) is 14.5 Å². The number of urea groups is 1. The molecule has 11 heteroatoms. The van der Waals surface area contributed by atoms with Crippen LogP contribution in [0.25, 0.3) is 0 Å². The van der Waals surface area contributed by atoms with Crippen molar-refractivity contribution in [1.82, 2.24) is 4.90 Å². The highest BCUT2D eigenvalue weighted by Gasteiger charge is 2.35. The number of carbonyl (C=O) groups is 3. The first-order valence-corrected chi connectivity index (χ1v) is 13.9. The van der Waals surface area contributed by atoms with Crippen molar-refractivity contribution in [1.29, 1.82) is 0 Å². The van der Waals surface area contributed by atoms with Gasteiger partial charge < -0.3 is 34.9 Å². The number of para-hydroxylation sites is 1. The van der Waals surface area contributed by atoms with Crippen LogP contribution < -0.4 is 29.7 Å². The monoisotopic (exact) mass is 590 g/mol. The van der Waals surface area contributed by atoms with Crippen LogP contribution in [0.4, 0.5) is 21.9 Å². The molecule has 1 saturated heterocycles. The number of methoxy groups -OCH3 is 3. The van der Waals surface area contributed by atoms with Crippen molar-refractivity contribution in [3.8, 4) is 17.2 Å². The Hall–Kier alpha value is -4.77. The molecule has 1 heterocycles. The lowest BCUT2D eigenvalue weighted by molar-refractivity contribution is -0.138. The van der Waals surface area contributed by atoms with E-state index in [9.17, 15) is 19.5 Å². The van der Waals surface area contributed by atoms with E-state index in [1.165, 1.54) is 21.1 Å². The first-order chi connectivity index (χ1) is 20.6. The predicted molar refractivity (Wildman–Crippen MR) is 164 cm³/mol. The van der Waals surface area contributed by atoms with Gasteiger partial charge in [0.2, 0.25) is 5.91 Å². The molecule has 3 N–H and O–H groups in total. The lowest BCUT2D eigenvalue weighted by Gasteiger charge is -2.31. The lowest BCUT2D eigenvalue weighted by Crippen LogP contribution is -2.41. The summed E-state index contributed by atoms with van der Waals surface area (Å²) in [6.07, 6.45) is 0.533. The number of hydrogen-bond donors (Lipinski definition) is 3. The zero-order chi connectivity index (χ0) is 31.1. The first-order valence-electron chi connectivity index (χ1n) is 13.9. The number of carbonyl (C=O) groups excluding carboxylic acids is 2. The number of ether oxygens (including phenoxy) is 3. The second-order valence-electron chi connectivity index (χ2n) is 10.3. The van der Waals surface area contributed by atoms with Crippen LogP contribution >= 0.6 is 0 Å². The Labute approximate surface area is 251 Å². The van der Waals surface area contributed by atoms with Gasteiger partial charge in [0.1, 0.15) is 5.75 Å². The van der Waals surface area contributed by atoms with Crippen molar-refractivity contribution in [3.05, 3.63) is 71.8 Å². The normalized spacial score (nSPS) is 15.3. The number of anilines is 3. The Balaban J connectivity index is 1.54. The number of aliphatic carboxylic acids is 1. The molecule has 2 unspecified atom stereocenters. The number of carboxylic acids is 1. The van der Waals surface area contributed by atoms with Gasteiger partial charge in [0.05, 0.1) is 39.5 Å². The number of aryl methyl sites for hydroxylation is 1. The summed E-state index contributed by atoms with van der Waals surface area (Å²) < 4.78 is 16.4. The maximum absolute atomic E-state index is 13.0. The molecule has 1 fully saturated rings. The number of hydrogen-bond acceptors (Lipinski definition) is 7. The molecule has 2 atom stereocenters. The zero-order valence-electron chi connectivity index (χ0n) is 25.0. The third-order valence-electron chi connectivity index (χ3n) is 7.61. The second kappa shape index (κ2) is 13.9. The van der Waals surface area contributed by atoms with Crippen LogP contribution in [0.15, 0.2) is 60.7 Å². The highest BCUT2D eigenvalue weighted by molar-refractivity contribution is 6.01. The third kappa shape index (κ3) is 7.36. The van der Waals surface area contributed by atoms with Crippen LogP contribution in [-0.4, -0.2) is 68.4 Å². The summed E-state index contributed by atoms with van der Waals surface area (Å²) in [6, 6.07) is 17.0. The minimum Gasteiger partial charge on any atom is -0.494 e. The molecule has 0 spiro atoms. The minimum absolute atomic E-state index is 0.110. The van der Waals surface area contributed by atoms with Gasteiger partial charge in [-0.1, -0.05) is 24.3 Å². The van der Waals surface area contributed by atoms with E-state index in [2.05, 4.69) is 15.5 Å². The largest absolute Gasteiger partial charge is 0.494 e. The Bertz CT molecular complexity index is 1480. The summed E-state index contributed by atoms with van der Waals surface area (Å²) in [5, 5.41) is 15.4. The average molecular weight is 591 g/mol. The molecule has 11 nitrogen and oxygen atoms in total. The summed E-state index contributed by atoms with van der Waals surface area (Å²) in [4.78, 5) is 41.3. The van der Waals surface area contributed by atoms with Gasteiger partial charge in [0.15, 0.2) is 11.5 Å². The molecular formula is C32H38N4O7. The molecule has 228 valence electrons. The van der Waals surface area contributed by atoms with Crippen LogP contribution in [0.2, 0.25) is 0 Å². The Morgan fingerprint density at radius 3 is 2.28 bits per heavy atom.